The largest absolute Gasteiger partial charge is 0.477 e. The Labute approximate surface area is 222 Å². The number of aromatic carboxylic acids is 1. The Kier molecular flexibility index (Phi) is 6.37. The Morgan fingerprint density at radius 1 is 1.17 bits per heavy atom. The smallest absolute Gasteiger partial charge is 0.351 e. The number of nitrogens with one attached hydrogen (secondary N) is 1. The van der Waals surface area contributed by atoms with Crippen molar-refractivity contribution in [3.63, 3.8) is 0 Å². The minimum Gasteiger partial charge on any atom is -0.477 e. The first-order valence-electron chi connectivity index (χ1n) is 10.8. The van der Waals surface area contributed by atoms with Crippen molar-refractivity contribution in [2.24, 2.45) is 0 Å². The minimum atomic E-state index is -1.31. The van der Waals surface area contributed by atoms with E-state index in [1.54, 1.807) is 19.1 Å². The highest BCUT2D eigenvalue weighted by Gasteiger charge is 2.20. The van der Waals surface area contributed by atoms with Crippen LogP contribution >= 0.6 is 38.5 Å². The summed E-state index contributed by atoms with van der Waals surface area (Å²) < 4.78 is 9.58. The van der Waals surface area contributed by atoms with Crippen molar-refractivity contribution in [2.75, 3.05) is 5.32 Å². The first-order valence-corrected chi connectivity index (χ1v) is 12.7. The number of carboxylic acids is 1. The third-order valence-corrected chi connectivity index (χ3v) is 7.07. The van der Waals surface area contributed by atoms with E-state index in [1.165, 1.54) is 5.56 Å². The first-order chi connectivity index (χ1) is 16.8. The number of carbonyl (C=O) groups is 1. The lowest BCUT2D eigenvalue weighted by Crippen LogP contribution is -2.15. The summed E-state index contributed by atoms with van der Waals surface area (Å²) in [6, 6.07) is 19.7. The highest BCUT2D eigenvalue weighted by atomic mass is 127. The number of rotatable bonds is 6. The number of fused-ring (bicyclic) bond motifs is 2. The molecule has 0 spiro atoms. The number of hydrogen-bond acceptors (Lipinski definition) is 5. The van der Waals surface area contributed by atoms with Crippen LogP contribution in [0.5, 0.6) is 0 Å². The van der Waals surface area contributed by atoms with Gasteiger partial charge in [-0.1, -0.05) is 34.1 Å². The molecule has 2 N–H and O–H groups in total. The predicted molar refractivity (Wildman–Crippen MR) is 148 cm³/mol. The molecule has 0 amide bonds. The van der Waals surface area contributed by atoms with Crippen molar-refractivity contribution in [1.29, 1.82) is 0 Å². The summed E-state index contributed by atoms with van der Waals surface area (Å²) in [5.74, 6) is -0.660. The predicted octanol–water partition coefficient (Wildman–Crippen LogP) is 6.50. The van der Waals surface area contributed by atoms with Crippen LogP contribution in [0.25, 0.3) is 22.0 Å². The molecule has 3 aromatic carbocycles. The van der Waals surface area contributed by atoms with Gasteiger partial charge in [0.15, 0.2) is 0 Å². The van der Waals surface area contributed by atoms with Crippen LogP contribution in [-0.2, 0) is 13.0 Å². The zero-order valence-corrected chi connectivity index (χ0v) is 22.3. The summed E-state index contributed by atoms with van der Waals surface area (Å²) in [7, 11) is 0. The molecule has 0 aliphatic carbocycles. The van der Waals surface area contributed by atoms with Crippen LogP contribution < -0.4 is 10.9 Å². The van der Waals surface area contributed by atoms with Crippen molar-refractivity contribution >= 4 is 78.1 Å². The van der Waals surface area contributed by atoms with E-state index in [1.807, 2.05) is 36.4 Å². The van der Waals surface area contributed by atoms with Crippen molar-refractivity contribution in [3.05, 3.63) is 95.8 Å². The number of nitrogens with zero attached hydrogens (tertiary/aromatic N) is 2. The summed E-state index contributed by atoms with van der Waals surface area (Å²) in [6.07, 6.45) is 0.763. The molecule has 5 rings (SSSR count). The third-order valence-electron chi connectivity index (χ3n) is 5.87. The summed E-state index contributed by atoms with van der Waals surface area (Å²) in [4.78, 5) is 28.8. The molecule has 5 aromatic rings. The molecule has 0 bridgehead atoms. The lowest BCUT2D eigenvalue weighted by molar-refractivity contribution is 0.0691. The van der Waals surface area contributed by atoms with Gasteiger partial charge in [-0.25, -0.2) is 14.6 Å². The highest BCUT2D eigenvalue weighted by molar-refractivity contribution is 14.1. The second-order valence-electron chi connectivity index (χ2n) is 8.13. The monoisotopic (exact) mass is 643 g/mol. The maximum Gasteiger partial charge on any atom is 0.351 e. The molecule has 2 heterocycles. The SMILES string of the molecule is Cc1c(C(=O)O)c(=O)oc2cc3c(cc12)nc(Nc1cccc(I)c1)n3CCc1ccc(Br)cc1. The van der Waals surface area contributed by atoms with Crippen molar-refractivity contribution < 1.29 is 14.3 Å². The Morgan fingerprint density at radius 2 is 1.94 bits per heavy atom. The third kappa shape index (κ3) is 4.70. The summed E-state index contributed by atoms with van der Waals surface area (Å²) in [6.45, 7) is 2.25. The molecule has 2 aromatic heterocycles. The van der Waals surface area contributed by atoms with Crippen LogP contribution in [0.2, 0.25) is 0 Å². The number of aryl methyl sites for hydroxylation is 3. The van der Waals surface area contributed by atoms with Crippen LogP contribution in [0.3, 0.4) is 0 Å². The van der Waals surface area contributed by atoms with Crippen molar-refractivity contribution in [3.8, 4) is 0 Å². The van der Waals surface area contributed by atoms with Gasteiger partial charge >= 0.3 is 11.6 Å². The van der Waals surface area contributed by atoms with Gasteiger partial charge in [0.2, 0.25) is 5.95 Å². The minimum absolute atomic E-state index is 0.329. The van der Waals surface area contributed by atoms with Gasteiger partial charge in [0, 0.05) is 31.7 Å². The lowest BCUT2D eigenvalue weighted by atomic mass is 10.1. The second kappa shape index (κ2) is 9.46. The Balaban J connectivity index is 1.66. The number of anilines is 2. The molecule has 0 atom stereocenters. The van der Waals surface area contributed by atoms with Gasteiger partial charge in [-0.2, -0.15) is 0 Å². The molecule has 0 saturated carbocycles. The Bertz CT molecular complexity index is 1660. The normalized spacial score (nSPS) is 11.3. The van der Waals surface area contributed by atoms with Crippen LogP contribution in [0.1, 0.15) is 21.5 Å². The van der Waals surface area contributed by atoms with E-state index in [0.29, 0.717) is 34.5 Å². The maximum absolute atomic E-state index is 12.3. The Hall–Kier alpha value is -3.18. The van der Waals surface area contributed by atoms with E-state index in [-0.39, 0.29) is 5.56 Å². The van der Waals surface area contributed by atoms with E-state index >= 15 is 0 Å². The van der Waals surface area contributed by atoms with Gasteiger partial charge < -0.3 is 19.4 Å². The van der Waals surface area contributed by atoms with Gasteiger partial charge in [-0.15, -0.1) is 0 Å². The number of carboxylic acid groups (broad SMARTS) is 1. The van der Waals surface area contributed by atoms with Gasteiger partial charge in [-0.3, -0.25) is 0 Å². The molecule has 7 nitrogen and oxygen atoms in total. The van der Waals surface area contributed by atoms with E-state index in [0.717, 1.165) is 25.7 Å². The average Bonchev–Trinajstić information content (AvgIpc) is 3.13. The van der Waals surface area contributed by atoms with Crippen LogP contribution in [0.15, 0.2) is 74.3 Å². The van der Waals surface area contributed by atoms with E-state index < -0.39 is 11.6 Å². The van der Waals surface area contributed by atoms with Gasteiger partial charge in [0.1, 0.15) is 11.1 Å². The van der Waals surface area contributed by atoms with Crippen LogP contribution in [0.4, 0.5) is 11.6 Å². The van der Waals surface area contributed by atoms with Crippen LogP contribution in [0, 0.1) is 10.5 Å². The van der Waals surface area contributed by atoms with Crippen LogP contribution in [-0.4, -0.2) is 20.6 Å². The molecule has 0 fully saturated rings. The van der Waals surface area contributed by atoms with Gasteiger partial charge in [0.25, 0.3) is 0 Å². The number of aromatic nitrogens is 2. The van der Waals surface area contributed by atoms with E-state index in [4.69, 9.17) is 9.40 Å². The molecular weight excluding hydrogens is 625 g/mol. The molecule has 0 radical (unpaired) electrons. The van der Waals surface area contributed by atoms with E-state index in [9.17, 15) is 14.7 Å². The second-order valence-corrected chi connectivity index (χ2v) is 10.3. The van der Waals surface area contributed by atoms with Gasteiger partial charge in [0.05, 0.1) is 11.0 Å². The molecule has 0 saturated heterocycles. The molecular formula is C26H19BrIN3O4. The fourth-order valence-corrected chi connectivity index (χ4v) is 4.93. The fourth-order valence-electron chi connectivity index (χ4n) is 4.12. The Morgan fingerprint density at radius 3 is 2.66 bits per heavy atom. The van der Waals surface area contributed by atoms with Crippen molar-refractivity contribution in [2.45, 2.75) is 19.9 Å². The topological polar surface area (TPSA) is 97.4 Å². The fraction of sp³-hybridized carbons (Fsp3) is 0.115. The summed E-state index contributed by atoms with van der Waals surface area (Å²) in [5.41, 5.74) is 3.01. The molecule has 0 unspecified atom stereocenters. The standard InChI is InChI=1S/C26H19BrIN3O4/c1-14-19-12-20-21(13-22(19)35-25(34)23(14)24(32)33)31(10-9-15-5-7-16(27)8-6-15)26(30-20)29-18-4-2-3-17(28)11-18/h2-8,11-13H,9-10H2,1H3,(H,29,30)(H,32,33). The molecule has 9 heteroatoms. The molecule has 0 aliphatic heterocycles. The summed E-state index contributed by atoms with van der Waals surface area (Å²) >= 11 is 5.73. The van der Waals surface area contributed by atoms with E-state index in [2.05, 4.69) is 60.5 Å². The quantitative estimate of drug-likeness (QED) is 0.162. The zero-order chi connectivity index (χ0) is 24.7. The number of imidazole rings is 1. The average molecular weight is 644 g/mol. The highest BCUT2D eigenvalue weighted by Crippen LogP contribution is 2.30. The molecule has 35 heavy (non-hydrogen) atoms. The molecule has 0 aliphatic rings. The number of benzene rings is 3. The number of halogens is 2. The molecule has 176 valence electrons. The first kappa shape index (κ1) is 23.6. The number of hydrogen-bond donors (Lipinski definition) is 2. The van der Waals surface area contributed by atoms with Gasteiger partial charge in [-0.05, 0) is 83.5 Å². The summed E-state index contributed by atoms with van der Waals surface area (Å²) in [5, 5.41) is 13.4. The maximum atomic E-state index is 12.3. The van der Waals surface area contributed by atoms with Crippen molar-refractivity contribution in [1.82, 2.24) is 9.55 Å². The zero-order valence-electron chi connectivity index (χ0n) is 18.5. The lowest BCUT2D eigenvalue weighted by Gasteiger charge is -2.12.